The summed E-state index contributed by atoms with van der Waals surface area (Å²) in [4.78, 5) is 13.4. The van der Waals surface area contributed by atoms with Gasteiger partial charge in [0.2, 0.25) is 0 Å². The number of carbonyl (C=O) groups excluding carboxylic acids is 1. The third-order valence-electron chi connectivity index (χ3n) is 5.62. The summed E-state index contributed by atoms with van der Waals surface area (Å²) >= 11 is 12.7. The van der Waals surface area contributed by atoms with Gasteiger partial charge in [0.1, 0.15) is 11.4 Å². The SMILES string of the molecule is CC1(C)Oc2ccccc2-c2c1c(C(=O)NN1CCOCC1)nn2-c1ccc(Cl)cc1Cl. The molecule has 2 aliphatic rings. The summed E-state index contributed by atoms with van der Waals surface area (Å²) in [5.74, 6) is 0.416. The van der Waals surface area contributed by atoms with Crippen molar-refractivity contribution in [2.45, 2.75) is 19.4 Å². The topological polar surface area (TPSA) is 68.6 Å². The summed E-state index contributed by atoms with van der Waals surface area (Å²) in [7, 11) is 0. The largest absolute Gasteiger partial charge is 0.482 e. The Morgan fingerprint density at radius 3 is 2.62 bits per heavy atom. The van der Waals surface area contributed by atoms with Gasteiger partial charge in [0, 0.05) is 23.7 Å². The lowest BCUT2D eigenvalue weighted by atomic mass is 9.89. The van der Waals surface area contributed by atoms with Gasteiger partial charge in [-0.1, -0.05) is 35.3 Å². The van der Waals surface area contributed by atoms with E-state index in [1.807, 2.05) is 43.1 Å². The molecule has 9 heteroatoms. The highest BCUT2D eigenvalue weighted by molar-refractivity contribution is 6.35. The number of hydrogen-bond donors (Lipinski definition) is 1. The first-order valence-electron chi connectivity index (χ1n) is 10.4. The van der Waals surface area contributed by atoms with Crippen LogP contribution in [-0.4, -0.2) is 47.0 Å². The molecular weight excluding hydrogens is 451 g/mol. The van der Waals surface area contributed by atoms with Crippen LogP contribution in [0.4, 0.5) is 0 Å². The zero-order valence-corrected chi connectivity index (χ0v) is 19.2. The first-order valence-corrected chi connectivity index (χ1v) is 11.1. The molecule has 5 rings (SSSR count). The fourth-order valence-corrected chi connectivity index (χ4v) is 4.66. The van der Waals surface area contributed by atoms with Crippen LogP contribution in [0.15, 0.2) is 42.5 Å². The number of halogens is 2. The summed E-state index contributed by atoms with van der Waals surface area (Å²) in [6.07, 6.45) is 0. The lowest BCUT2D eigenvalue weighted by molar-refractivity contribution is 0.0122. The van der Waals surface area contributed by atoms with Gasteiger partial charge in [-0.25, -0.2) is 9.69 Å². The number of carbonyl (C=O) groups is 1. The van der Waals surface area contributed by atoms with Gasteiger partial charge in [-0.3, -0.25) is 10.2 Å². The molecule has 1 aromatic heterocycles. The average Bonchev–Trinajstić information content (AvgIpc) is 3.16. The van der Waals surface area contributed by atoms with Crippen LogP contribution in [0.1, 0.15) is 29.9 Å². The van der Waals surface area contributed by atoms with Gasteiger partial charge in [0.05, 0.1) is 35.2 Å². The predicted molar refractivity (Wildman–Crippen MR) is 123 cm³/mol. The van der Waals surface area contributed by atoms with Crippen molar-refractivity contribution in [3.8, 4) is 22.7 Å². The quantitative estimate of drug-likeness (QED) is 0.609. The molecule has 1 amide bonds. The van der Waals surface area contributed by atoms with Crippen molar-refractivity contribution >= 4 is 29.1 Å². The van der Waals surface area contributed by atoms with Gasteiger partial charge in [-0.15, -0.1) is 0 Å². The van der Waals surface area contributed by atoms with E-state index in [0.717, 1.165) is 17.0 Å². The number of aromatic nitrogens is 2. The molecule has 0 unspecified atom stereocenters. The minimum Gasteiger partial charge on any atom is -0.482 e. The third kappa shape index (κ3) is 3.65. The van der Waals surface area contributed by atoms with Crippen LogP contribution in [0.5, 0.6) is 5.75 Å². The number of rotatable bonds is 3. The van der Waals surface area contributed by atoms with Crippen molar-refractivity contribution in [1.29, 1.82) is 0 Å². The maximum atomic E-state index is 13.4. The first-order chi connectivity index (χ1) is 15.3. The molecule has 2 aliphatic heterocycles. The summed E-state index contributed by atoms with van der Waals surface area (Å²) < 4.78 is 13.4. The van der Waals surface area contributed by atoms with Gasteiger partial charge in [-0.05, 0) is 44.2 Å². The average molecular weight is 473 g/mol. The summed E-state index contributed by atoms with van der Waals surface area (Å²) in [6.45, 7) is 6.22. The molecule has 1 saturated heterocycles. The van der Waals surface area contributed by atoms with Crippen LogP contribution in [0.3, 0.4) is 0 Å². The second kappa shape index (κ2) is 8.08. The summed E-state index contributed by atoms with van der Waals surface area (Å²) in [5, 5.41) is 7.55. The van der Waals surface area contributed by atoms with Crippen LogP contribution < -0.4 is 10.2 Å². The number of hydrazine groups is 1. The molecule has 0 bridgehead atoms. The van der Waals surface area contributed by atoms with Crippen LogP contribution in [0.25, 0.3) is 16.9 Å². The zero-order chi connectivity index (χ0) is 22.5. The van der Waals surface area contributed by atoms with Crippen LogP contribution in [-0.2, 0) is 10.3 Å². The number of morpholine rings is 1. The number of amides is 1. The van der Waals surface area contributed by atoms with Crippen molar-refractivity contribution in [2.75, 3.05) is 26.3 Å². The monoisotopic (exact) mass is 472 g/mol. The normalized spacial score (nSPS) is 17.2. The Balaban J connectivity index is 1.71. The van der Waals surface area contributed by atoms with Gasteiger partial charge in [0.25, 0.3) is 5.91 Å². The van der Waals surface area contributed by atoms with Crippen LogP contribution in [0, 0.1) is 0 Å². The molecule has 0 aliphatic carbocycles. The molecule has 1 fully saturated rings. The number of nitrogens with one attached hydrogen (secondary N) is 1. The zero-order valence-electron chi connectivity index (χ0n) is 17.7. The molecule has 3 heterocycles. The Hall–Kier alpha value is -2.58. The maximum absolute atomic E-state index is 13.4. The molecule has 0 radical (unpaired) electrons. The van der Waals surface area contributed by atoms with E-state index in [-0.39, 0.29) is 11.6 Å². The Labute approximate surface area is 195 Å². The highest BCUT2D eigenvalue weighted by Crippen LogP contribution is 2.47. The van der Waals surface area contributed by atoms with E-state index >= 15 is 0 Å². The number of benzene rings is 2. The Kier molecular flexibility index (Phi) is 5.37. The first kappa shape index (κ1) is 21.3. The highest BCUT2D eigenvalue weighted by Gasteiger charge is 2.41. The molecule has 7 nitrogen and oxygen atoms in total. The minimum atomic E-state index is -0.793. The highest BCUT2D eigenvalue weighted by atomic mass is 35.5. The molecule has 0 spiro atoms. The van der Waals surface area contributed by atoms with Crippen molar-refractivity contribution in [3.63, 3.8) is 0 Å². The van der Waals surface area contributed by atoms with Gasteiger partial charge < -0.3 is 9.47 Å². The molecule has 0 atom stereocenters. The second-order valence-electron chi connectivity index (χ2n) is 8.23. The number of nitrogens with zero attached hydrogens (tertiary/aromatic N) is 3. The Morgan fingerprint density at radius 1 is 1.12 bits per heavy atom. The lowest BCUT2D eigenvalue weighted by Crippen LogP contribution is -2.49. The molecule has 2 aromatic carbocycles. The molecule has 0 saturated carbocycles. The standard InChI is InChI=1S/C23H22Cl2N4O3/c1-23(2)19-20(22(30)27-28-9-11-31-12-10-28)26-29(17-8-7-14(24)13-16(17)25)21(19)15-5-3-4-6-18(15)32-23/h3-8,13H,9-12H2,1-2H3,(H,27,30). The van der Waals surface area contributed by atoms with Gasteiger partial charge in [0.15, 0.2) is 5.69 Å². The van der Waals surface area contributed by atoms with E-state index in [2.05, 4.69) is 5.43 Å². The third-order valence-corrected chi connectivity index (χ3v) is 6.16. The number of fused-ring (bicyclic) bond motifs is 3. The number of ether oxygens (including phenoxy) is 2. The lowest BCUT2D eigenvalue weighted by Gasteiger charge is -2.34. The van der Waals surface area contributed by atoms with Crippen LogP contribution in [0.2, 0.25) is 10.0 Å². The van der Waals surface area contributed by atoms with Crippen molar-refractivity contribution in [3.05, 3.63) is 63.8 Å². The second-order valence-corrected chi connectivity index (χ2v) is 9.07. The predicted octanol–water partition coefficient (Wildman–Crippen LogP) is 4.45. The van der Waals surface area contributed by atoms with E-state index < -0.39 is 5.60 Å². The van der Waals surface area contributed by atoms with Crippen LogP contribution >= 0.6 is 23.2 Å². The molecule has 3 aromatic rings. The van der Waals surface area contributed by atoms with E-state index in [1.54, 1.807) is 22.9 Å². The molecule has 166 valence electrons. The fraction of sp³-hybridized carbons (Fsp3) is 0.304. The maximum Gasteiger partial charge on any atom is 0.286 e. The molecular formula is C23H22Cl2N4O3. The Morgan fingerprint density at radius 2 is 1.88 bits per heavy atom. The fourth-order valence-electron chi connectivity index (χ4n) is 4.17. The van der Waals surface area contributed by atoms with Crippen molar-refractivity contribution in [1.82, 2.24) is 20.2 Å². The van der Waals surface area contributed by atoms with Crippen molar-refractivity contribution in [2.24, 2.45) is 0 Å². The van der Waals surface area contributed by atoms with E-state index in [9.17, 15) is 4.79 Å². The Bertz CT molecular complexity index is 1200. The van der Waals surface area contributed by atoms with Gasteiger partial charge >= 0.3 is 0 Å². The smallest absolute Gasteiger partial charge is 0.286 e. The summed E-state index contributed by atoms with van der Waals surface area (Å²) in [5.41, 5.74) is 5.40. The molecule has 32 heavy (non-hydrogen) atoms. The van der Waals surface area contributed by atoms with E-state index in [1.165, 1.54) is 0 Å². The number of para-hydroxylation sites is 1. The molecule has 1 N–H and O–H groups in total. The minimum absolute atomic E-state index is 0.289. The summed E-state index contributed by atoms with van der Waals surface area (Å²) in [6, 6.07) is 12.9. The van der Waals surface area contributed by atoms with Gasteiger partial charge in [-0.2, -0.15) is 5.10 Å². The number of hydrogen-bond acceptors (Lipinski definition) is 5. The van der Waals surface area contributed by atoms with Crippen molar-refractivity contribution < 1.29 is 14.3 Å². The van der Waals surface area contributed by atoms with E-state index in [0.29, 0.717) is 47.6 Å². The van der Waals surface area contributed by atoms with E-state index in [4.69, 9.17) is 37.8 Å².